The van der Waals surface area contributed by atoms with Gasteiger partial charge in [-0.25, -0.2) is 0 Å². The molecule has 0 aromatic heterocycles. The molecule has 1 atom stereocenters. The standard InChI is InChI=1S/C19H30N2/c1-17(2)14-21-13-7-11-19(21)10-6-12-20(16-19)15-18-8-4-3-5-9-18/h3-5,8-9,17H,6-7,10-16H2,1-2H3. The maximum Gasteiger partial charge on any atom is 0.0337 e. The summed E-state index contributed by atoms with van der Waals surface area (Å²) >= 11 is 0. The molecule has 2 aliphatic heterocycles. The number of piperidine rings is 1. The number of benzene rings is 1. The minimum Gasteiger partial charge on any atom is -0.297 e. The van der Waals surface area contributed by atoms with Gasteiger partial charge in [-0.1, -0.05) is 44.2 Å². The van der Waals surface area contributed by atoms with Gasteiger partial charge in [0.2, 0.25) is 0 Å². The number of likely N-dealkylation sites (tertiary alicyclic amines) is 2. The van der Waals surface area contributed by atoms with Gasteiger partial charge in [-0.2, -0.15) is 0 Å². The molecule has 0 amide bonds. The van der Waals surface area contributed by atoms with E-state index in [1.165, 1.54) is 57.4 Å². The van der Waals surface area contributed by atoms with Crippen LogP contribution in [0.25, 0.3) is 0 Å². The summed E-state index contributed by atoms with van der Waals surface area (Å²) in [5.74, 6) is 0.782. The molecule has 2 nitrogen and oxygen atoms in total. The van der Waals surface area contributed by atoms with E-state index in [0.717, 1.165) is 12.5 Å². The quantitative estimate of drug-likeness (QED) is 0.831. The molecule has 2 saturated heterocycles. The summed E-state index contributed by atoms with van der Waals surface area (Å²) in [5.41, 5.74) is 1.94. The number of nitrogens with zero attached hydrogens (tertiary/aromatic N) is 2. The van der Waals surface area contributed by atoms with Crippen molar-refractivity contribution < 1.29 is 0 Å². The van der Waals surface area contributed by atoms with Gasteiger partial charge in [0.05, 0.1) is 0 Å². The molecular formula is C19H30N2. The lowest BCUT2D eigenvalue weighted by atomic mass is 9.85. The van der Waals surface area contributed by atoms with E-state index in [-0.39, 0.29) is 0 Å². The van der Waals surface area contributed by atoms with E-state index < -0.39 is 0 Å². The normalized spacial score (nSPS) is 27.8. The third-order valence-electron chi connectivity index (χ3n) is 5.21. The Labute approximate surface area is 130 Å². The van der Waals surface area contributed by atoms with Gasteiger partial charge in [-0.15, -0.1) is 0 Å². The second-order valence-electron chi connectivity index (χ2n) is 7.47. The lowest BCUT2D eigenvalue weighted by molar-refractivity contribution is 0.0311. The fourth-order valence-electron chi connectivity index (χ4n) is 4.36. The van der Waals surface area contributed by atoms with E-state index in [9.17, 15) is 0 Å². The van der Waals surface area contributed by atoms with Crippen LogP contribution in [0.2, 0.25) is 0 Å². The molecule has 0 bridgehead atoms. The smallest absolute Gasteiger partial charge is 0.0337 e. The Bertz CT molecular complexity index is 442. The van der Waals surface area contributed by atoms with E-state index >= 15 is 0 Å². The number of hydrogen-bond donors (Lipinski definition) is 0. The van der Waals surface area contributed by atoms with Crippen molar-refractivity contribution in [3.8, 4) is 0 Å². The van der Waals surface area contributed by atoms with Crippen molar-refractivity contribution in [3.63, 3.8) is 0 Å². The van der Waals surface area contributed by atoms with Gasteiger partial charge in [-0.05, 0) is 50.3 Å². The first-order valence-corrected chi connectivity index (χ1v) is 8.69. The third-order valence-corrected chi connectivity index (χ3v) is 5.21. The SMILES string of the molecule is CC(C)CN1CCCC12CCCN(Cc1ccccc1)C2. The van der Waals surface area contributed by atoms with Crippen LogP contribution in [0, 0.1) is 5.92 Å². The van der Waals surface area contributed by atoms with Crippen molar-refractivity contribution in [3.05, 3.63) is 35.9 Å². The second-order valence-corrected chi connectivity index (χ2v) is 7.47. The van der Waals surface area contributed by atoms with Crippen molar-refractivity contribution in [2.75, 3.05) is 26.2 Å². The van der Waals surface area contributed by atoms with Crippen molar-refractivity contribution in [2.45, 2.75) is 51.6 Å². The van der Waals surface area contributed by atoms with Gasteiger partial charge in [0, 0.05) is 25.2 Å². The van der Waals surface area contributed by atoms with Gasteiger partial charge in [-0.3, -0.25) is 9.80 Å². The van der Waals surface area contributed by atoms with E-state index in [2.05, 4.69) is 54.0 Å². The topological polar surface area (TPSA) is 6.48 Å². The molecule has 3 rings (SSSR count). The molecule has 0 radical (unpaired) electrons. The summed E-state index contributed by atoms with van der Waals surface area (Å²) in [6.07, 6.45) is 5.57. The zero-order chi connectivity index (χ0) is 14.7. The lowest BCUT2D eigenvalue weighted by Gasteiger charge is -2.46. The third kappa shape index (κ3) is 3.49. The Morgan fingerprint density at radius 3 is 2.48 bits per heavy atom. The van der Waals surface area contributed by atoms with Crippen LogP contribution in [-0.2, 0) is 6.54 Å². The molecule has 2 aliphatic rings. The number of rotatable bonds is 4. The van der Waals surface area contributed by atoms with Gasteiger partial charge in [0.1, 0.15) is 0 Å². The number of hydrogen-bond acceptors (Lipinski definition) is 2. The zero-order valence-corrected chi connectivity index (χ0v) is 13.7. The first-order valence-electron chi connectivity index (χ1n) is 8.69. The van der Waals surface area contributed by atoms with E-state index in [1.807, 2.05) is 0 Å². The molecule has 1 spiro atoms. The molecule has 0 N–H and O–H groups in total. The van der Waals surface area contributed by atoms with E-state index in [4.69, 9.17) is 0 Å². The fourth-order valence-corrected chi connectivity index (χ4v) is 4.36. The largest absolute Gasteiger partial charge is 0.297 e. The van der Waals surface area contributed by atoms with Crippen LogP contribution in [-0.4, -0.2) is 41.5 Å². The summed E-state index contributed by atoms with van der Waals surface area (Å²) in [7, 11) is 0. The predicted octanol–water partition coefficient (Wildman–Crippen LogP) is 3.77. The Morgan fingerprint density at radius 1 is 1.05 bits per heavy atom. The van der Waals surface area contributed by atoms with Crippen LogP contribution in [0.3, 0.4) is 0 Å². The summed E-state index contributed by atoms with van der Waals surface area (Å²) in [4.78, 5) is 5.51. The summed E-state index contributed by atoms with van der Waals surface area (Å²) in [5, 5.41) is 0. The van der Waals surface area contributed by atoms with Gasteiger partial charge >= 0.3 is 0 Å². The lowest BCUT2D eigenvalue weighted by Crippen LogP contribution is -2.56. The molecule has 1 aromatic carbocycles. The van der Waals surface area contributed by atoms with Crippen LogP contribution in [0.15, 0.2) is 30.3 Å². The Hall–Kier alpha value is -0.860. The first kappa shape index (κ1) is 15.1. The summed E-state index contributed by atoms with van der Waals surface area (Å²) in [6, 6.07) is 11.0. The monoisotopic (exact) mass is 286 g/mol. The highest BCUT2D eigenvalue weighted by Crippen LogP contribution is 2.37. The molecule has 21 heavy (non-hydrogen) atoms. The van der Waals surface area contributed by atoms with Crippen molar-refractivity contribution in [1.82, 2.24) is 9.80 Å². The molecule has 2 heteroatoms. The van der Waals surface area contributed by atoms with Crippen molar-refractivity contribution in [1.29, 1.82) is 0 Å². The molecule has 1 unspecified atom stereocenters. The second kappa shape index (κ2) is 6.50. The van der Waals surface area contributed by atoms with E-state index in [0.29, 0.717) is 5.54 Å². The summed E-state index contributed by atoms with van der Waals surface area (Å²) < 4.78 is 0. The summed E-state index contributed by atoms with van der Waals surface area (Å²) in [6.45, 7) is 11.0. The molecule has 0 aliphatic carbocycles. The Morgan fingerprint density at radius 2 is 1.76 bits per heavy atom. The molecule has 0 saturated carbocycles. The average Bonchev–Trinajstić information content (AvgIpc) is 2.81. The van der Waals surface area contributed by atoms with Gasteiger partial charge in [0.25, 0.3) is 0 Å². The van der Waals surface area contributed by atoms with Crippen molar-refractivity contribution in [2.24, 2.45) is 5.92 Å². The molecule has 2 fully saturated rings. The minimum absolute atomic E-state index is 0.483. The Kier molecular flexibility index (Phi) is 4.66. The first-order chi connectivity index (χ1) is 10.2. The molecule has 2 heterocycles. The van der Waals surface area contributed by atoms with Gasteiger partial charge < -0.3 is 0 Å². The highest BCUT2D eigenvalue weighted by Gasteiger charge is 2.43. The van der Waals surface area contributed by atoms with Crippen LogP contribution in [0.1, 0.15) is 45.1 Å². The maximum atomic E-state index is 2.81. The van der Waals surface area contributed by atoms with E-state index in [1.54, 1.807) is 0 Å². The van der Waals surface area contributed by atoms with Crippen LogP contribution >= 0.6 is 0 Å². The Balaban J connectivity index is 1.67. The molecule has 116 valence electrons. The molecule has 1 aromatic rings. The van der Waals surface area contributed by atoms with Crippen LogP contribution in [0.4, 0.5) is 0 Å². The fraction of sp³-hybridized carbons (Fsp3) is 0.684. The average molecular weight is 286 g/mol. The van der Waals surface area contributed by atoms with Crippen LogP contribution in [0.5, 0.6) is 0 Å². The highest BCUT2D eigenvalue weighted by molar-refractivity contribution is 5.15. The minimum atomic E-state index is 0.483. The predicted molar refractivity (Wildman–Crippen MR) is 89.3 cm³/mol. The molecular weight excluding hydrogens is 256 g/mol. The zero-order valence-electron chi connectivity index (χ0n) is 13.7. The maximum absolute atomic E-state index is 2.81. The van der Waals surface area contributed by atoms with Gasteiger partial charge in [0.15, 0.2) is 0 Å². The van der Waals surface area contributed by atoms with Crippen molar-refractivity contribution >= 4 is 0 Å². The van der Waals surface area contributed by atoms with Crippen LogP contribution < -0.4 is 0 Å². The highest BCUT2D eigenvalue weighted by atomic mass is 15.3.